The molecule has 1 aliphatic rings. The summed E-state index contributed by atoms with van der Waals surface area (Å²) in [5.41, 5.74) is 2.07. The van der Waals surface area contributed by atoms with Gasteiger partial charge in [-0.25, -0.2) is 0 Å². The van der Waals surface area contributed by atoms with Crippen LogP contribution in [0.3, 0.4) is 0 Å². The molecule has 1 unspecified atom stereocenters. The highest BCUT2D eigenvalue weighted by atomic mass is 16.5. The van der Waals surface area contributed by atoms with Crippen LogP contribution in [0.15, 0.2) is 78.4 Å². The van der Waals surface area contributed by atoms with Crippen LogP contribution < -0.4 is 9.47 Å². The molecule has 1 aliphatic heterocycles. The van der Waals surface area contributed by atoms with Gasteiger partial charge in [-0.15, -0.1) is 0 Å². The number of aryl methyl sites for hydroxylation is 1. The van der Waals surface area contributed by atoms with Crippen molar-refractivity contribution in [2.75, 3.05) is 33.8 Å². The number of para-hydroxylation sites is 1. The summed E-state index contributed by atoms with van der Waals surface area (Å²) in [7, 11) is 3.93. The lowest BCUT2D eigenvalue weighted by molar-refractivity contribution is -0.139. The summed E-state index contributed by atoms with van der Waals surface area (Å²) in [6.07, 6.45) is 2.66. The van der Waals surface area contributed by atoms with Crippen molar-refractivity contribution in [2.24, 2.45) is 0 Å². The van der Waals surface area contributed by atoms with Crippen molar-refractivity contribution in [1.29, 1.82) is 0 Å². The van der Waals surface area contributed by atoms with E-state index in [4.69, 9.17) is 9.47 Å². The molecule has 1 heterocycles. The first-order chi connectivity index (χ1) is 19.3. The topological polar surface area (TPSA) is 79.3 Å². The van der Waals surface area contributed by atoms with Crippen LogP contribution in [0, 0.1) is 6.92 Å². The van der Waals surface area contributed by atoms with E-state index in [9.17, 15) is 14.7 Å². The number of likely N-dealkylation sites (tertiary alicyclic amines) is 1. The van der Waals surface area contributed by atoms with E-state index < -0.39 is 17.7 Å². The predicted octanol–water partition coefficient (Wildman–Crippen LogP) is 6.34. The normalized spacial score (nSPS) is 16.5. The second kappa shape index (κ2) is 13.3. The highest BCUT2D eigenvalue weighted by Gasteiger charge is 2.46. The molecule has 0 aliphatic carbocycles. The molecule has 7 nitrogen and oxygen atoms in total. The van der Waals surface area contributed by atoms with Crippen LogP contribution in [0.1, 0.15) is 48.9 Å². The number of amides is 1. The van der Waals surface area contributed by atoms with Gasteiger partial charge in [0.25, 0.3) is 11.7 Å². The fraction of sp³-hybridized carbons (Fsp3) is 0.333. The van der Waals surface area contributed by atoms with Gasteiger partial charge in [0.2, 0.25) is 0 Å². The van der Waals surface area contributed by atoms with Crippen LogP contribution in [-0.4, -0.2) is 60.4 Å². The lowest BCUT2D eigenvalue weighted by atomic mass is 9.94. The number of Topliss-reactive ketones (excluding diaryl/α,β-unsaturated/α-hetero) is 1. The number of carbonyl (C=O) groups is 2. The maximum Gasteiger partial charge on any atom is 0.295 e. The molecular formula is C33H38N2O5. The van der Waals surface area contributed by atoms with Crippen LogP contribution in [0.5, 0.6) is 17.2 Å². The van der Waals surface area contributed by atoms with E-state index in [0.29, 0.717) is 42.2 Å². The minimum absolute atomic E-state index is 0.0748. The first-order valence-electron chi connectivity index (χ1n) is 13.8. The Hall–Kier alpha value is -4.10. The summed E-state index contributed by atoms with van der Waals surface area (Å²) in [6.45, 7) is 5.75. The lowest BCUT2D eigenvalue weighted by Crippen LogP contribution is -2.32. The molecule has 40 heavy (non-hydrogen) atoms. The van der Waals surface area contributed by atoms with E-state index in [-0.39, 0.29) is 11.3 Å². The number of nitrogens with zero attached hydrogens (tertiary/aromatic N) is 2. The van der Waals surface area contributed by atoms with Crippen molar-refractivity contribution in [3.05, 3.63) is 95.1 Å². The Morgan fingerprint density at radius 3 is 2.40 bits per heavy atom. The van der Waals surface area contributed by atoms with Gasteiger partial charge in [0, 0.05) is 12.1 Å². The Kier molecular flexibility index (Phi) is 9.61. The molecule has 3 aromatic rings. The van der Waals surface area contributed by atoms with Gasteiger partial charge in [0.1, 0.15) is 23.0 Å². The molecule has 1 saturated heterocycles. The smallest absolute Gasteiger partial charge is 0.295 e. The van der Waals surface area contributed by atoms with E-state index in [2.05, 4.69) is 6.92 Å². The van der Waals surface area contributed by atoms with Gasteiger partial charge in [-0.2, -0.15) is 0 Å². The molecular weight excluding hydrogens is 504 g/mol. The van der Waals surface area contributed by atoms with E-state index in [1.54, 1.807) is 23.1 Å². The zero-order chi connectivity index (χ0) is 28.6. The van der Waals surface area contributed by atoms with Gasteiger partial charge in [0.15, 0.2) is 0 Å². The molecule has 4 rings (SSSR count). The third-order valence-electron chi connectivity index (χ3n) is 6.90. The molecule has 210 valence electrons. The summed E-state index contributed by atoms with van der Waals surface area (Å²) in [4.78, 5) is 30.4. The van der Waals surface area contributed by atoms with Gasteiger partial charge in [-0.05, 0) is 94.0 Å². The molecule has 0 bridgehead atoms. The van der Waals surface area contributed by atoms with E-state index in [1.165, 1.54) is 0 Å². The summed E-state index contributed by atoms with van der Waals surface area (Å²) in [6, 6.07) is 21.3. The summed E-state index contributed by atoms with van der Waals surface area (Å²) in [5, 5.41) is 11.5. The Morgan fingerprint density at radius 1 is 0.950 bits per heavy atom. The van der Waals surface area contributed by atoms with Gasteiger partial charge in [-0.3, -0.25) is 9.59 Å². The standard InChI is InChI=1S/C33H38N2O5/c1-5-6-20-39-28-17-16-25(21-23(28)2)31(36)29-30(35(33(38)32(29)37)19-11-18-34(3)4)24-12-10-15-27(22-24)40-26-13-8-7-9-14-26/h7-10,12-17,21-22,30,36H,5-6,11,18-20H2,1-4H3/b31-29+. The fourth-order valence-corrected chi connectivity index (χ4v) is 4.83. The third kappa shape index (κ3) is 6.72. The quantitative estimate of drug-likeness (QED) is 0.125. The number of hydrogen-bond donors (Lipinski definition) is 1. The summed E-state index contributed by atoms with van der Waals surface area (Å²) < 4.78 is 11.9. The SMILES string of the molecule is CCCCOc1ccc(/C(O)=C2\C(=O)C(=O)N(CCCN(C)C)C2c2cccc(Oc3ccccc3)c2)cc1C. The van der Waals surface area contributed by atoms with Gasteiger partial charge >= 0.3 is 0 Å². The Balaban J connectivity index is 1.74. The van der Waals surface area contributed by atoms with Crippen molar-refractivity contribution < 1.29 is 24.2 Å². The number of aliphatic hydroxyl groups excluding tert-OH is 1. The van der Waals surface area contributed by atoms with Crippen LogP contribution >= 0.6 is 0 Å². The Labute approximate surface area is 236 Å². The van der Waals surface area contributed by atoms with Crippen LogP contribution in [0.4, 0.5) is 0 Å². The van der Waals surface area contributed by atoms with Crippen molar-refractivity contribution >= 4 is 17.4 Å². The van der Waals surface area contributed by atoms with Crippen LogP contribution in [-0.2, 0) is 9.59 Å². The minimum Gasteiger partial charge on any atom is -0.507 e. The molecule has 0 saturated carbocycles. The maximum atomic E-state index is 13.4. The first kappa shape index (κ1) is 28.9. The average molecular weight is 543 g/mol. The molecule has 7 heteroatoms. The van der Waals surface area contributed by atoms with Crippen LogP contribution in [0.2, 0.25) is 0 Å². The molecule has 1 atom stereocenters. The summed E-state index contributed by atoms with van der Waals surface area (Å²) >= 11 is 0. The number of carbonyl (C=O) groups excluding carboxylic acids is 2. The highest BCUT2D eigenvalue weighted by Crippen LogP contribution is 2.41. The molecule has 3 aromatic carbocycles. The number of aliphatic hydroxyl groups is 1. The number of unbranched alkanes of at least 4 members (excludes halogenated alkanes) is 1. The number of rotatable bonds is 12. The molecule has 1 N–H and O–H groups in total. The van der Waals surface area contributed by atoms with Crippen molar-refractivity contribution in [3.8, 4) is 17.2 Å². The molecule has 1 fully saturated rings. The second-order valence-corrected chi connectivity index (χ2v) is 10.3. The largest absolute Gasteiger partial charge is 0.507 e. The van der Waals surface area contributed by atoms with Gasteiger partial charge in [-0.1, -0.05) is 43.7 Å². The Bertz CT molecular complexity index is 1370. The predicted molar refractivity (Wildman–Crippen MR) is 157 cm³/mol. The van der Waals surface area contributed by atoms with Crippen molar-refractivity contribution in [1.82, 2.24) is 9.80 Å². The van der Waals surface area contributed by atoms with E-state index in [1.807, 2.05) is 80.5 Å². The first-order valence-corrected chi connectivity index (χ1v) is 13.8. The third-order valence-corrected chi connectivity index (χ3v) is 6.90. The van der Waals surface area contributed by atoms with Crippen LogP contribution in [0.25, 0.3) is 5.76 Å². The molecule has 0 spiro atoms. The molecule has 0 radical (unpaired) electrons. The Morgan fingerprint density at radius 2 is 1.70 bits per heavy atom. The lowest BCUT2D eigenvalue weighted by Gasteiger charge is -2.26. The number of hydrogen-bond acceptors (Lipinski definition) is 6. The van der Waals surface area contributed by atoms with E-state index >= 15 is 0 Å². The summed E-state index contributed by atoms with van der Waals surface area (Å²) in [5.74, 6) is 0.481. The monoisotopic (exact) mass is 542 g/mol. The highest BCUT2D eigenvalue weighted by molar-refractivity contribution is 6.46. The number of ketones is 1. The van der Waals surface area contributed by atoms with Crippen molar-refractivity contribution in [2.45, 2.75) is 39.2 Å². The van der Waals surface area contributed by atoms with E-state index in [0.717, 1.165) is 30.7 Å². The second-order valence-electron chi connectivity index (χ2n) is 10.3. The van der Waals surface area contributed by atoms with Gasteiger partial charge in [0.05, 0.1) is 18.2 Å². The van der Waals surface area contributed by atoms with Crippen molar-refractivity contribution in [3.63, 3.8) is 0 Å². The fourth-order valence-electron chi connectivity index (χ4n) is 4.83. The zero-order valence-corrected chi connectivity index (χ0v) is 23.7. The average Bonchev–Trinajstić information content (AvgIpc) is 3.19. The maximum absolute atomic E-state index is 13.4. The number of ether oxygens (including phenoxy) is 2. The zero-order valence-electron chi connectivity index (χ0n) is 23.7. The van der Waals surface area contributed by atoms with Gasteiger partial charge < -0.3 is 24.4 Å². The molecule has 1 amide bonds. The molecule has 0 aromatic heterocycles. The minimum atomic E-state index is -0.748. The number of benzene rings is 3.